The summed E-state index contributed by atoms with van der Waals surface area (Å²) < 4.78 is 0. The van der Waals surface area contributed by atoms with Crippen LogP contribution < -0.4 is 4.90 Å². The minimum absolute atomic E-state index is 0.325. The number of rotatable bonds is 4. The fourth-order valence-electron chi connectivity index (χ4n) is 3.20. The highest BCUT2D eigenvalue weighted by Gasteiger charge is 2.21. The fourth-order valence-corrected chi connectivity index (χ4v) is 3.20. The maximum absolute atomic E-state index is 9.32. The van der Waals surface area contributed by atoms with Gasteiger partial charge in [0.05, 0.1) is 5.56 Å². The summed E-state index contributed by atoms with van der Waals surface area (Å²) in [6.45, 7) is 1.93. The Morgan fingerprint density at radius 1 is 1.17 bits per heavy atom. The maximum atomic E-state index is 9.32. The lowest BCUT2D eigenvalue weighted by atomic mass is 9.90. The zero-order valence-corrected chi connectivity index (χ0v) is 13.2. The third-order valence-electron chi connectivity index (χ3n) is 4.60. The van der Waals surface area contributed by atoms with Gasteiger partial charge in [-0.15, -0.1) is 0 Å². The number of hydrogen-bond donors (Lipinski definition) is 1. The topological polar surface area (TPSA) is 60.2 Å². The van der Waals surface area contributed by atoms with Gasteiger partial charge in [-0.3, -0.25) is 0 Å². The van der Waals surface area contributed by atoms with Crippen molar-refractivity contribution in [1.29, 1.82) is 5.26 Å². The number of anilines is 1. The van der Waals surface area contributed by atoms with E-state index in [2.05, 4.69) is 16.0 Å². The first-order valence-electron chi connectivity index (χ1n) is 8.14. The molecule has 1 fully saturated rings. The second-order valence-corrected chi connectivity index (χ2v) is 6.12. The maximum Gasteiger partial charge on any atom is 0.146 e. The molecule has 4 nitrogen and oxygen atoms in total. The van der Waals surface area contributed by atoms with Gasteiger partial charge >= 0.3 is 0 Å². The first kappa shape index (κ1) is 15.4. The van der Waals surface area contributed by atoms with Crippen molar-refractivity contribution < 1.29 is 5.11 Å². The summed E-state index contributed by atoms with van der Waals surface area (Å²) in [6.07, 6.45) is 6.26. The van der Waals surface area contributed by atoms with Crippen LogP contribution in [0.25, 0.3) is 0 Å². The Bertz CT molecular complexity index is 683. The lowest BCUT2D eigenvalue weighted by Crippen LogP contribution is -2.34. The molecule has 118 valence electrons. The predicted molar refractivity (Wildman–Crippen MR) is 90.3 cm³/mol. The van der Waals surface area contributed by atoms with E-state index in [4.69, 9.17) is 0 Å². The predicted octanol–water partition coefficient (Wildman–Crippen LogP) is 3.51. The molecule has 0 radical (unpaired) electrons. The molecular formula is C19H21N3O. The summed E-state index contributed by atoms with van der Waals surface area (Å²) in [5.41, 5.74) is 1.94. The second-order valence-electron chi connectivity index (χ2n) is 6.12. The van der Waals surface area contributed by atoms with Gasteiger partial charge in [0.2, 0.25) is 0 Å². The van der Waals surface area contributed by atoms with E-state index in [9.17, 15) is 10.4 Å². The number of hydrogen-bond acceptors (Lipinski definition) is 4. The smallest absolute Gasteiger partial charge is 0.146 e. The van der Waals surface area contributed by atoms with Crippen LogP contribution >= 0.6 is 0 Å². The first-order valence-corrected chi connectivity index (χ1v) is 8.14. The lowest BCUT2D eigenvalue weighted by molar-refractivity contribution is 0.380. The molecule has 0 amide bonds. The summed E-state index contributed by atoms with van der Waals surface area (Å²) >= 11 is 0. The van der Waals surface area contributed by atoms with Crippen molar-refractivity contribution in [2.45, 2.75) is 25.7 Å². The number of aryl methyl sites for hydroxylation is 1. The van der Waals surface area contributed by atoms with Crippen molar-refractivity contribution in [2.75, 3.05) is 18.0 Å². The number of phenols is 1. The van der Waals surface area contributed by atoms with Gasteiger partial charge in [-0.2, -0.15) is 5.26 Å². The van der Waals surface area contributed by atoms with Gasteiger partial charge in [0.1, 0.15) is 17.6 Å². The van der Waals surface area contributed by atoms with E-state index < -0.39 is 0 Å². The van der Waals surface area contributed by atoms with Gasteiger partial charge < -0.3 is 10.0 Å². The van der Waals surface area contributed by atoms with E-state index in [-0.39, 0.29) is 0 Å². The quantitative estimate of drug-likeness (QED) is 0.939. The number of phenolic OH excluding ortho intramolecular Hbond substituents is 1. The number of aromatic nitrogens is 1. The van der Waals surface area contributed by atoms with Gasteiger partial charge in [-0.05, 0) is 61.4 Å². The summed E-state index contributed by atoms with van der Waals surface area (Å²) in [5.74, 6) is 1.87. The number of nitrogens with zero attached hydrogens (tertiary/aromatic N) is 3. The van der Waals surface area contributed by atoms with Crippen LogP contribution in [-0.2, 0) is 6.42 Å². The van der Waals surface area contributed by atoms with Crippen LogP contribution in [0.5, 0.6) is 5.75 Å². The summed E-state index contributed by atoms with van der Waals surface area (Å²) in [6, 6.07) is 13.4. The number of pyridine rings is 1. The van der Waals surface area contributed by atoms with Crippen LogP contribution in [0.15, 0.2) is 42.6 Å². The molecule has 4 heteroatoms. The van der Waals surface area contributed by atoms with E-state index in [0.29, 0.717) is 17.2 Å². The average molecular weight is 307 g/mol. The molecule has 0 saturated carbocycles. The molecule has 23 heavy (non-hydrogen) atoms. The molecule has 1 aliphatic heterocycles. The Morgan fingerprint density at radius 2 is 1.91 bits per heavy atom. The van der Waals surface area contributed by atoms with Gasteiger partial charge in [0.15, 0.2) is 0 Å². The highest BCUT2D eigenvalue weighted by atomic mass is 16.3. The van der Waals surface area contributed by atoms with Crippen molar-refractivity contribution in [2.24, 2.45) is 5.92 Å². The van der Waals surface area contributed by atoms with Gasteiger partial charge in [-0.25, -0.2) is 4.98 Å². The third-order valence-corrected chi connectivity index (χ3v) is 4.60. The molecule has 1 N–H and O–H groups in total. The van der Waals surface area contributed by atoms with E-state index in [0.717, 1.165) is 38.2 Å². The minimum atomic E-state index is 0.325. The molecule has 1 aromatic heterocycles. The standard InChI is InChI=1S/C19H21N3O/c20-14-17-2-1-11-21-19(17)22-12-9-16(10-13-22)4-3-15-5-7-18(23)8-6-15/h1-2,5-8,11,16,23H,3-4,9-10,12-13H2. The van der Waals surface area contributed by atoms with Gasteiger partial charge in [0, 0.05) is 19.3 Å². The molecule has 1 saturated heterocycles. The lowest BCUT2D eigenvalue weighted by Gasteiger charge is -2.33. The van der Waals surface area contributed by atoms with E-state index >= 15 is 0 Å². The fraction of sp³-hybridized carbons (Fsp3) is 0.368. The van der Waals surface area contributed by atoms with Crippen LogP contribution in [0.4, 0.5) is 5.82 Å². The molecule has 2 heterocycles. The second kappa shape index (κ2) is 7.15. The van der Waals surface area contributed by atoms with Crippen molar-refractivity contribution in [3.05, 3.63) is 53.7 Å². The van der Waals surface area contributed by atoms with Crippen molar-refractivity contribution >= 4 is 5.82 Å². The number of piperidine rings is 1. The van der Waals surface area contributed by atoms with Crippen molar-refractivity contribution in [1.82, 2.24) is 4.98 Å². The average Bonchev–Trinajstić information content (AvgIpc) is 2.62. The van der Waals surface area contributed by atoms with E-state index in [1.807, 2.05) is 24.3 Å². The Kier molecular flexibility index (Phi) is 4.77. The van der Waals surface area contributed by atoms with Gasteiger partial charge in [-0.1, -0.05) is 12.1 Å². The van der Waals surface area contributed by atoms with Gasteiger partial charge in [0.25, 0.3) is 0 Å². The molecular weight excluding hydrogens is 286 g/mol. The molecule has 1 aromatic carbocycles. The largest absolute Gasteiger partial charge is 0.508 e. The monoisotopic (exact) mass is 307 g/mol. The molecule has 0 bridgehead atoms. The van der Waals surface area contributed by atoms with Crippen molar-refractivity contribution in [3.8, 4) is 11.8 Å². The van der Waals surface area contributed by atoms with E-state index in [1.165, 1.54) is 12.0 Å². The first-order chi connectivity index (χ1) is 11.3. The number of aromatic hydroxyl groups is 1. The minimum Gasteiger partial charge on any atom is -0.508 e. The Morgan fingerprint density at radius 3 is 2.61 bits per heavy atom. The van der Waals surface area contributed by atoms with Crippen LogP contribution in [0.2, 0.25) is 0 Å². The van der Waals surface area contributed by atoms with Crippen LogP contribution in [-0.4, -0.2) is 23.2 Å². The van der Waals surface area contributed by atoms with E-state index in [1.54, 1.807) is 18.3 Å². The third kappa shape index (κ3) is 3.81. The summed E-state index contributed by atoms with van der Waals surface area (Å²) in [7, 11) is 0. The van der Waals surface area contributed by atoms with Crippen molar-refractivity contribution in [3.63, 3.8) is 0 Å². The number of nitriles is 1. The Hall–Kier alpha value is -2.54. The highest BCUT2D eigenvalue weighted by molar-refractivity contribution is 5.53. The zero-order valence-electron chi connectivity index (χ0n) is 13.2. The van der Waals surface area contributed by atoms with Crippen LogP contribution in [0.1, 0.15) is 30.4 Å². The molecule has 0 atom stereocenters. The zero-order chi connectivity index (χ0) is 16.1. The molecule has 1 aliphatic rings. The Balaban J connectivity index is 1.52. The van der Waals surface area contributed by atoms with Crippen LogP contribution in [0.3, 0.4) is 0 Å². The summed E-state index contributed by atoms with van der Waals surface area (Å²) in [5, 5.41) is 18.5. The highest BCUT2D eigenvalue weighted by Crippen LogP contribution is 2.27. The number of benzene rings is 1. The molecule has 0 unspecified atom stereocenters. The summed E-state index contributed by atoms with van der Waals surface area (Å²) in [4.78, 5) is 6.61. The van der Waals surface area contributed by atoms with Crippen LogP contribution in [0, 0.1) is 17.2 Å². The SMILES string of the molecule is N#Cc1cccnc1N1CCC(CCc2ccc(O)cc2)CC1. The Labute approximate surface area is 137 Å². The molecule has 0 aliphatic carbocycles. The normalized spacial score (nSPS) is 15.3. The molecule has 3 rings (SSSR count). The molecule has 0 spiro atoms. The molecule has 2 aromatic rings.